The largest absolute Gasteiger partial charge is 0.478 e. The molecule has 3 N–H and O–H groups in total. The van der Waals surface area contributed by atoms with Crippen molar-refractivity contribution >= 4 is 30.8 Å². The predicted octanol–water partition coefficient (Wildman–Crippen LogP) is 4.32. The van der Waals surface area contributed by atoms with Crippen LogP contribution in [0, 0.1) is 13.8 Å². The summed E-state index contributed by atoms with van der Waals surface area (Å²) < 4.78 is 0. The van der Waals surface area contributed by atoms with E-state index in [1.807, 2.05) is 31.2 Å². The molecule has 0 spiro atoms. The normalized spacial score (nSPS) is 9.83. The molecule has 132 valence electrons. The zero-order valence-electron chi connectivity index (χ0n) is 14.1. The Hall–Kier alpha value is -1.62. The molecule has 0 radical (unpaired) electrons. The number of benzene rings is 1. The molecule has 0 unspecified atom stereocenters. The van der Waals surface area contributed by atoms with Crippen LogP contribution in [0.15, 0.2) is 24.3 Å². The van der Waals surface area contributed by atoms with E-state index in [9.17, 15) is 9.90 Å². The molecule has 0 saturated heterocycles. The van der Waals surface area contributed by atoms with Crippen LogP contribution in [0.25, 0.3) is 11.1 Å². The van der Waals surface area contributed by atoms with Crippen molar-refractivity contribution in [3.05, 3.63) is 52.3 Å². The van der Waals surface area contributed by atoms with Gasteiger partial charge in [-0.05, 0) is 31.4 Å². The second kappa shape index (κ2) is 9.62. The summed E-state index contributed by atoms with van der Waals surface area (Å²) in [6.45, 7) is 6.12. The van der Waals surface area contributed by atoms with Crippen LogP contribution in [-0.4, -0.2) is 16.1 Å². The molecule has 1 heterocycles. The Labute approximate surface area is 155 Å². The molecule has 2 aromatic rings. The third-order valence-electron chi connectivity index (χ3n) is 3.81. The van der Waals surface area contributed by atoms with Gasteiger partial charge in [-0.25, -0.2) is 4.79 Å². The fourth-order valence-electron chi connectivity index (χ4n) is 2.77. The van der Waals surface area contributed by atoms with Crippen molar-refractivity contribution in [2.24, 2.45) is 5.73 Å². The van der Waals surface area contributed by atoms with Crippen LogP contribution < -0.4 is 5.73 Å². The van der Waals surface area contributed by atoms with Crippen molar-refractivity contribution in [1.82, 2.24) is 4.98 Å². The van der Waals surface area contributed by atoms with Gasteiger partial charge < -0.3 is 10.8 Å². The van der Waals surface area contributed by atoms with Crippen LogP contribution in [0.5, 0.6) is 0 Å². The number of pyridine rings is 1. The number of hydrogen-bond acceptors (Lipinski definition) is 3. The zero-order chi connectivity index (χ0) is 16.3. The molecule has 0 aliphatic rings. The highest BCUT2D eigenvalue weighted by atomic mass is 35.5. The number of carboxylic acids is 1. The molecule has 4 nitrogen and oxygen atoms in total. The van der Waals surface area contributed by atoms with Gasteiger partial charge in [0.05, 0.1) is 11.3 Å². The molecule has 24 heavy (non-hydrogen) atoms. The first-order valence-electron chi connectivity index (χ1n) is 7.52. The Morgan fingerprint density at radius 3 is 2.21 bits per heavy atom. The maximum absolute atomic E-state index is 11.7. The summed E-state index contributed by atoms with van der Waals surface area (Å²) in [5, 5.41) is 9.62. The highest BCUT2D eigenvalue weighted by molar-refractivity contribution is 5.98. The van der Waals surface area contributed by atoms with Crippen LogP contribution >= 0.6 is 24.8 Å². The van der Waals surface area contributed by atoms with E-state index in [0.29, 0.717) is 11.3 Å². The van der Waals surface area contributed by atoms with Crippen LogP contribution in [0.3, 0.4) is 0 Å². The van der Waals surface area contributed by atoms with Crippen molar-refractivity contribution in [2.75, 3.05) is 0 Å². The van der Waals surface area contributed by atoms with Crippen molar-refractivity contribution in [1.29, 1.82) is 0 Å². The maximum Gasteiger partial charge on any atom is 0.338 e. The zero-order valence-corrected chi connectivity index (χ0v) is 15.8. The SMILES string of the molecule is CCCc1nc(C)c(C(=O)O)c(-c2ccc(C)cc2)c1CN.Cl.Cl. The molecule has 1 aromatic heterocycles. The van der Waals surface area contributed by atoms with Crippen LogP contribution in [0.1, 0.15) is 46.2 Å². The number of aryl methyl sites for hydroxylation is 3. The van der Waals surface area contributed by atoms with Gasteiger partial charge in [0.25, 0.3) is 0 Å². The smallest absolute Gasteiger partial charge is 0.338 e. The minimum atomic E-state index is -0.960. The number of aromatic carboxylic acids is 1. The lowest BCUT2D eigenvalue weighted by molar-refractivity contribution is 0.0696. The molecule has 1 aromatic carbocycles. The average molecular weight is 371 g/mol. The molecule has 0 bridgehead atoms. The van der Waals surface area contributed by atoms with Crippen molar-refractivity contribution in [3.8, 4) is 11.1 Å². The van der Waals surface area contributed by atoms with Gasteiger partial charge in [0.15, 0.2) is 0 Å². The van der Waals surface area contributed by atoms with Crippen LogP contribution in [0.4, 0.5) is 0 Å². The lowest BCUT2D eigenvalue weighted by atomic mass is 9.91. The van der Waals surface area contributed by atoms with Gasteiger partial charge in [0.1, 0.15) is 0 Å². The van der Waals surface area contributed by atoms with Gasteiger partial charge in [-0.3, -0.25) is 4.98 Å². The number of carboxylic acid groups (broad SMARTS) is 1. The molecule has 2 rings (SSSR count). The molecular weight excluding hydrogens is 347 g/mol. The minimum absolute atomic E-state index is 0. The van der Waals surface area contributed by atoms with Gasteiger partial charge in [-0.2, -0.15) is 0 Å². The quantitative estimate of drug-likeness (QED) is 0.821. The lowest BCUT2D eigenvalue weighted by Crippen LogP contribution is -2.14. The van der Waals surface area contributed by atoms with Crippen LogP contribution in [-0.2, 0) is 13.0 Å². The Morgan fingerprint density at radius 1 is 1.17 bits per heavy atom. The number of hydrogen-bond donors (Lipinski definition) is 2. The number of nitrogens with two attached hydrogens (primary N) is 1. The molecule has 0 fully saturated rings. The third-order valence-corrected chi connectivity index (χ3v) is 3.81. The second-order valence-corrected chi connectivity index (χ2v) is 5.50. The molecule has 0 aliphatic carbocycles. The molecule has 6 heteroatoms. The topological polar surface area (TPSA) is 76.2 Å². The van der Waals surface area contributed by atoms with E-state index in [1.165, 1.54) is 0 Å². The Kier molecular flexibility index (Phi) is 8.97. The van der Waals surface area contributed by atoms with Crippen molar-refractivity contribution < 1.29 is 9.90 Å². The molecular formula is C18H24Cl2N2O2. The van der Waals surface area contributed by atoms with Crippen LogP contribution in [0.2, 0.25) is 0 Å². The number of rotatable bonds is 5. The highest BCUT2D eigenvalue weighted by Gasteiger charge is 2.22. The fourth-order valence-corrected chi connectivity index (χ4v) is 2.77. The van der Waals surface area contributed by atoms with E-state index >= 15 is 0 Å². The van der Waals surface area contributed by atoms with E-state index < -0.39 is 5.97 Å². The minimum Gasteiger partial charge on any atom is -0.478 e. The standard InChI is InChI=1S/C18H22N2O2.2ClH/c1-4-5-15-14(10-19)17(13-8-6-11(2)7-9-13)16(18(21)22)12(3)20-15;;/h6-9H,4-5,10,19H2,1-3H3,(H,21,22);2*1H. The van der Waals surface area contributed by atoms with E-state index in [2.05, 4.69) is 11.9 Å². The van der Waals surface area contributed by atoms with Gasteiger partial charge >= 0.3 is 5.97 Å². The molecule has 0 saturated carbocycles. The maximum atomic E-state index is 11.7. The lowest BCUT2D eigenvalue weighted by Gasteiger charge is -2.18. The van der Waals surface area contributed by atoms with E-state index in [0.717, 1.165) is 35.2 Å². The van der Waals surface area contributed by atoms with Gasteiger partial charge in [0, 0.05) is 17.8 Å². The summed E-state index contributed by atoms with van der Waals surface area (Å²) in [6.07, 6.45) is 1.74. The van der Waals surface area contributed by atoms with E-state index in [-0.39, 0.29) is 36.9 Å². The Bertz CT molecular complexity index is 701. The summed E-state index contributed by atoms with van der Waals surface area (Å²) in [4.78, 5) is 16.2. The van der Waals surface area contributed by atoms with Crippen molar-refractivity contribution in [2.45, 2.75) is 40.2 Å². The summed E-state index contributed by atoms with van der Waals surface area (Å²) in [7, 11) is 0. The van der Waals surface area contributed by atoms with Crippen molar-refractivity contribution in [3.63, 3.8) is 0 Å². The van der Waals surface area contributed by atoms with Gasteiger partial charge in [-0.15, -0.1) is 24.8 Å². The number of aromatic nitrogens is 1. The van der Waals surface area contributed by atoms with E-state index in [4.69, 9.17) is 5.73 Å². The Balaban J connectivity index is 0.00000264. The first kappa shape index (κ1) is 22.4. The molecule has 0 aliphatic heterocycles. The second-order valence-electron chi connectivity index (χ2n) is 5.50. The highest BCUT2D eigenvalue weighted by Crippen LogP contribution is 2.32. The summed E-state index contributed by atoms with van der Waals surface area (Å²) in [5.41, 5.74) is 11.2. The average Bonchev–Trinajstić information content (AvgIpc) is 2.47. The summed E-state index contributed by atoms with van der Waals surface area (Å²) in [5.74, 6) is -0.960. The number of halogens is 2. The number of nitrogens with zero attached hydrogens (tertiary/aromatic N) is 1. The third kappa shape index (κ3) is 4.47. The predicted molar refractivity (Wildman–Crippen MR) is 102 cm³/mol. The molecule has 0 atom stereocenters. The molecule has 0 amide bonds. The summed E-state index contributed by atoms with van der Waals surface area (Å²) in [6, 6.07) is 7.86. The fraction of sp³-hybridized carbons (Fsp3) is 0.333. The number of carbonyl (C=O) groups is 1. The monoisotopic (exact) mass is 370 g/mol. The van der Waals surface area contributed by atoms with Gasteiger partial charge in [-0.1, -0.05) is 43.2 Å². The first-order chi connectivity index (χ1) is 10.5. The first-order valence-corrected chi connectivity index (χ1v) is 7.52. The van der Waals surface area contributed by atoms with Gasteiger partial charge in [0.2, 0.25) is 0 Å². The summed E-state index contributed by atoms with van der Waals surface area (Å²) >= 11 is 0. The Morgan fingerprint density at radius 2 is 1.75 bits per heavy atom. The van der Waals surface area contributed by atoms with E-state index in [1.54, 1.807) is 6.92 Å².